The maximum atomic E-state index is 12.4. The van der Waals surface area contributed by atoms with E-state index in [0.29, 0.717) is 6.61 Å². The molecule has 7 nitrogen and oxygen atoms in total. The quantitative estimate of drug-likeness (QED) is 0.620. The second-order valence-corrected chi connectivity index (χ2v) is 21.4. The van der Waals surface area contributed by atoms with Gasteiger partial charge in [-0.25, -0.2) is 4.79 Å². The fourth-order valence-electron chi connectivity index (χ4n) is 3.17. The van der Waals surface area contributed by atoms with Gasteiger partial charge in [-0.05, 0) is 36.3 Å². The third-order valence-electron chi connectivity index (χ3n) is 7.43. The van der Waals surface area contributed by atoms with Gasteiger partial charge in [0.05, 0.1) is 12.7 Å². The summed E-state index contributed by atoms with van der Waals surface area (Å²) in [5.41, 5.74) is -0.889. The third-order valence-corrected chi connectivity index (χ3v) is 16.4. The zero-order chi connectivity index (χ0) is 24.0. The lowest BCUT2D eigenvalue weighted by molar-refractivity contribution is -0.0436. The Bertz CT molecular complexity index is 879. The minimum absolute atomic E-state index is 0.0461. The van der Waals surface area contributed by atoms with E-state index in [-0.39, 0.29) is 28.2 Å². The average molecular weight is 471 g/mol. The standard InChI is InChI=1S/C22H42N2O5Si2/c1-15-18(29-31(10,11)22(5,6)7)16(14-27-30(8,9)21(2,3)4)28-19(15)24-13-12-17(25)23-20(24)26/h12-13,15-16,18-19H,14H2,1-11H3,(H,23,25,26)/t15-,16-,18+,19-/m1/s1. The van der Waals surface area contributed by atoms with Gasteiger partial charge in [0.15, 0.2) is 16.6 Å². The topological polar surface area (TPSA) is 82.6 Å². The number of aromatic nitrogens is 2. The van der Waals surface area contributed by atoms with Crippen LogP contribution in [0.15, 0.2) is 21.9 Å². The first-order valence-corrected chi connectivity index (χ1v) is 17.0. The fourth-order valence-corrected chi connectivity index (χ4v) is 5.58. The van der Waals surface area contributed by atoms with Gasteiger partial charge in [-0.1, -0.05) is 48.5 Å². The maximum absolute atomic E-state index is 12.4. The number of hydrogen-bond acceptors (Lipinski definition) is 5. The molecule has 0 saturated carbocycles. The molecule has 2 rings (SSSR count). The highest BCUT2D eigenvalue weighted by Gasteiger charge is 2.50. The summed E-state index contributed by atoms with van der Waals surface area (Å²) in [6, 6.07) is 1.35. The Kier molecular flexibility index (Phi) is 7.40. The van der Waals surface area contributed by atoms with Crippen molar-refractivity contribution in [1.82, 2.24) is 9.55 Å². The number of ether oxygens (including phenoxy) is 1. The monoisotopic (exact) mass is 470 g/mol. The van der Waals surface area contributed by atoms with Crippen molar-refractivity contribution in [1.29, 1.82) is 0 Å². The highest BCUT2D eigenvalue weighted by atomic mass is 28.4. The van der Waals surface area contributed by atoms with Gasteiger partial charge in [0.2, 0.25) is 0 Å². The molecule has 4 atom stereocenters. The van der Waals surface area contributed by atoms with Crippen molar-refractivity contribution in [2.75, 3.05) is 6.61 Å². The van der Waals surface area contributed by atoms with Gasteiger partial charge >= 0.3 is 5.69 Å². The van der Waals surface area contributed by atoms with Crippen LogP contribution in [-0.2, 0) is 13.6 Å². The van der Waals surface area contributed by atoms with E-state index in [1.165, 1.54) is 16.8 Å². The van der Waals surface area contributed by atoms with E-state index >= 15 is 0 Å². The molecule has 0 spiro atoms. The molecule has 1 fully saturated rings. The molecule has 1 aliphatic heterocycles. The molecule has 0 bridgehead atoms. The Labute approximate surface area is 188 Å². The average Bonchev–Trinajstić information content (AvgIpc) is 2.87. The second-order valence-electron chi connectivity index (χ2n) is 11.9. The molecule has 1 aromatic heterocycles. The molecular formula is C22H42N2O5Si2. The lowest BCUT2D eigenvalue weighted by Gasteiger charge is -2.41. The zero-order valence-corrected chi connectivity index (χ0v) is 23.2. The number of nitrogens with one attached hydrogen (secondary N) is 1. The summed E-state index contributed by atoms with van der Waals surface area (Å²) >= 11 is 0. The number of rotatable bonds is 6. The zero-order valence-electron chi connectivity index (χ0n) is 21.2. The summed E-state index contributed by atoms with van der Waals surface area (Å²) in [6.07, 6.45) is 0.492. The largest absolute Gasteiger partial charge is 0.414 e. The Morgan fingerprint density at radius 2 is 1.58 bits per heavy atom. The first-order valence-electron chi connectivity index (χ1n) is 11.2. The third kappa shape index (κ3) is 5.68. The van der Waals surface area contributed by atoms with Gasteiger partial charge < -0.3 is 13.6 Å². The predicted octanol–water partition coefficient (Wildman–Crippen LogP) is 4.48. The molecule has 0 radical (unpaired) electrons. The van der Waals surface area contributed by atoms with Crippen LogP contribution in [0, 0.1) is 5.92 Å². The number of H-pyrrole nitrogens is 1. The Morgan fingerprint density at radius 1 is 1.03 bits per heavy atom. The van der Waals surface area contributed by atoms with Crippen molar-refractivity contribution in [3.63, 3.8) is 0 Å². The van der Waals surface area contributed by atoms with Crippen molar-refractivity contribution >= 4 is 16.6 Å². The van der Waals surface area contributed by atoms with Crippen LogP contribution in [0.25, 0.3) is 0 Å². The normalized spacial score (nSPS) is 25.8. The van der Waals surface area contributed by atoms with Gasteiger partial charge in [-0.15, -0.1) is 0 Å². The molecule has 2 heterocycles. The van der Waals surface area contributed by atoms with Crippen LogP contribution in [0.1, 0.15) is 54.7 Å². The van der Waals surface area contributed by atoms with E-state index in [1.54, 1.807) is 0 Å². The van der Waals surface area contributed by atoms with Gasteiger partial charge in [-0.2, -0.15) is 0 Å². The van der Waals surface area contributed by atoms with Crippen molar-refractivity contribution < 1.29 is 13.6 Å². The molecule has 0 amide bonds. The molecule has 0 aliphatic carbocycles. The number of aromatic amines is 1. The van der Waals surface area contributed by atoms with Crippen LogP contribution in [-0.4, -0.2) is 45.0 Å². The van der Waals surface area contributed by atoms with Crippen LogP contribution < -0.4 is 11.2 Å². The number of nitrogens with zero attached hydrogens (tertiary/aromatic N) is 1. The van der Waals surface area contributed by atoms with E-state index in [4.69, 9.17) is 13.6 Å². The van der Waals surface area contributed by atoms with E-state index in [0.717, 1.165) is 0 Å². The van der Waals surface area contributed by atoms with Crippen LogP contribution in [0.3, 0.4) is 0 Å². The number of hydrogen-bond donors (Lipinski definition) is 1. The molecule has 31 heavy (non-hydrogen) atoms. The van der Waals surface area contributed by atoms with Crippen LogP contribution >= 0.6 is 0 Å². The molecule has 1 aliphatic rings. The molecule has 0 unspecified atom stereocenters. The summed E-state index contributed by atoms with van der Waals surface area (Å²) < 4.78 is 21.2. The SMILES string of the molecule is C[C@@H]1[C@H](O[Si](C)(C)C(C)(C)C)[C@@H](CO[Si](C)(C)C(C)(C)C)O[C@H]1n1ccc(=O)[nH]c1=O. The molecule has 1 N–H and O–H groups in total. The lowest BCUT2D eigenvalue weighted by atomic mass is 10.0. The smallest absolute Gasteiger partial charge is 0.330 e. The molecule has 178 valence electrons. The minimum Gasteiger partial charge on any atom is -0.414 e. The summed E-state index contributed by atoms with van der Waals surface area (Å²) in [4.78, 5) is 26.3. The van der Waals surface area contributed by atoms with E-state index in [2.05, 4.69) is 72.7 Å². The van der Waals surface area contributed by atoms with Crippen LogP contribution in [0.2, 0.25) is 36.3 Å². The van der Waals surface area contributed by atoms with E-state index in [1.807, 2.05) is 6.92 Å². The summed E-state index contributed by atoms with van der Waals surface area (Å²) in [5, 5.41) is 0.132. The highest BCUT2D eigenvalue weighted by Crippen LogP contribution is 2.44. The minimum atomic E-state index is -2.09. The van der Waals surface area contributed by atoms with E-state index in [9.17, 15) is 9.59 Å². The van der Waals surface area contributed by atoms with Crippen molar-refractivity contribution in [3.8, 4) is 0 Å². The molecule has 1 aromatic rings. The molecular weight excluding hydrogens is 428 g/mol. The maximum Gasteiger partial charge on any atom is 0.330 e. The molecule has 0 aromatic carbocycles. The Hall–Kier alpha value is -1.01. The van der Waals surface area contributed by atoms with Gasteiger partial charge in [-0.3, -0.25) is 14.3 Å². The van der Waals surface area contributed by atoms with Crippen LogP contribution in [0.4, 0.5) is 0 Å². The Morgan fingerprint density at radius 3 is 2.06 bits per heavy atom. The van der Waals surface area contributed by atoms with Gasteiger partial charge in [0, 0.05) is 18.2 Å². The molecule has 1 saturated heterocycles. The Balaban J connectivity index is 2.37. The second kappa shape index (κ2) is 8.74. The summed E-state index contributed by atoms with van der Waals surface area (Å²) in [7, 11) is -4.07. The van der Waals surface area contributed by atoms with Crippen molar-refractivity contribution in [3.05, 3.63) is 33.1 Å². The summed E-state index contributed by atoms with van der Waals surface area (Å²) in [6.45, 7) is 24.6. The highest BCUT2D eigenvalue weighted by molar-refractivity contribution is 6.74. The van der Waals surface area contributed by atoms with Crippen molar-refractivity contribution in [2.24, 2.45) is 5.92 Å². The fraction of sp³-hybridized carbons (Fsp3) is 0.818. The lowest BCUT2D eigenvalue weighted by Crippen LogP contribution is -2.49. The van der Waals surface area contributed by atoms with Crippen molar-refractivity contribution in [2.45, 2.75) is 103 Å². The van der Waals surface area contributed by atoms with Gasteiger partial charge in [0.25, 0.3) is 5.56 Å². The first kappa shape index (κ1) is 26.2. The summed E-state index contributed by atoms with van der Waals surface area (Å²) in [5.74, 6) is -0.0780. The van der Waals surface area contributed by atoms with Gasteiger partial charge in [0.1, 0.15) is 12.3 Å². The van der Waals surface area contributed by atoms with E-state index < -0.39 is 34.1 Å². The predicted molar refractivity (Wildman–Crippen MR) is 130 cm³/mol. The van der Waals surface area contributed by atoms with Crippen LogP contribution in [0.5, 0.6) is 0 Å². The molecule has 9 heteroatoms. The first-order chi connectivity index (χ1) is 13.9.